The highest BCUT2D eigenvalue weighted by Gasteiger charge is 2.32. The van der Waals surface area contributed by atoms with E-state index in [0.29, 0.717) is 0 Å². The van der Waals surface area contributed by atoms with Crippen LogP contribution in [0.4, 0.5) is 0 Å². The van der Waals surface area contributed by atoms with Gasteiger partial charge in [-0.1, -0.05) is 19.3 Å². The first-order chi connectivity index (χ1) is 7.81. The van der Waals surface area contributed by atoms with Crippen LogP contribution in [-0.2, 0) is 14.3 Å². The second-order valence-corrected chi connectivity index (χ2v) is 5.99. The minimum absolute atomic E-state index is 0.0685. The van der Waals surface area contributed by atoms with Crippen molar-refractivity contribution in [2.75, 3.05) is 0 Å². The van der Waals surface area contributed by atoms with Crippen molar-refractivity contribution in [3.8, 4) is 0 Å². The van der Waals surface area contributed by atoms with E-state index in [2.05, 4.69) is 0 Å². The number of hydrogen-bond donors (Lipinski definition) is 0. The number of rotatable bonds is 3. The highest BCUT2D eigenvalue weighted by atomic mass is 16.6. The van der Waals surface area contributed by atoms with E-state index in [9.17, 15) is 9.59 Å². The van der Waals surface area contributed by atoms with Crippen LogP contribution in [0, 0.1) is 11.8 Å². The Labute approximate surface area is 104 Å². The molecule has 1 rings (SSSR count). The maximum atomic E-state index is 12.1. The van der Waals surface area contributed by atoms with Crippen molar-refractivity contribution in [3.63, 3.8) is 0 Å². The Hall–Kier alpha value is -0.860. The SMILES string of the molecule is CC(C(=O)OC(C)(C)C)C(=O)C1CCCCC1. The summed E-state index contributed by atoms with van der Waals surface area (Å²) in [5.41, 5.74) is -0.516. The lowest BCUT2D eigenvalue weighted by molar-refractivity contribution is -0.162. The molecule has 1 unspecified atom stereocenters. The van der Waals surface area contributed by atoms with E-state index in [-0.39, 0.29) is 17.7 Å². The lowest BCUT2D eigenvalue weighted by Gasteiger charge is -2.25. The summed E-state index contributed by atoms with van der Waals surface area (Å²) < 4.78 is 5.25. The van der Waals surface area contributed by atoms with Gasteiger partial charge in [-0.2, -0.15) is 0 Å². The van der Waals surface area contributed by atoms with Crippen LogP contribution >= 0.6 is 0 Å². The molecule has 1 fully saturated rings. The highest BCUT2D eigenvalue weighted by molar-refractivity contribution is 5.99. The average Bonchev–Trinajstić information content (AvgIpc) is 2.26. The Balaban J connectivity index is 2.53. The highest BCUT2D eigenvalue weighted by Crippen LogP contribution is 2.27. The monoisotopic (exact) mass is 240 g/mol. The Morgan fingerprint density at radius 2 is 1.65 bits per heavy atom. The van der Waals surface area contributed by atoms with Crippen LogP contribution in [0.1, 0.15) is 59.8 Å². The molecular weight excluding hydrogens is 216 g/mol. The molecule has 1 aliphatic carbocycles. The zero-order chi connectivity index (χ0) is 13.1. The van der Waals surface area contributed by atoms with E-state index in [1.54, 1.807) is 6.92 Å². The van der Waals surface area contributed by atoms with Crippen molar-refractivity contribution in [2.24, 2.45) is 11.8 Å². The van der Waals surface area contributed by atoms with Crippen molar-refractivity contribution in [1.29, 1.82) is 0 Å². The lowest BCUT2D eigenvalue weighted by atomic mass is 9.82. The van der Waals surface area contributed by atoms with Gasteiger partial charge in [0.25, 0.3) is 0 Å². The second-order valence-electron chi connectivity index (χ2n) is 5.99. The van der Waals surface area contributed by atoms with Crippen molar-refractivity contribution >= 4 is 11.8 Å². The third-order valence-corrected chi connectivity index (χ3v) is 3.19. The third-order valence-electron chi connectivity index (χ3n) is 3.19. The fourth-order valence-corrected chi connectivity index (χ4v) is 2.25. The summed E-state index contributed by atoms with van der Waals surface area (Å²) in [6.45, 7) is 7.14. The Morgan fingerprint density at radius 3 is 2.12 bits per heavy atom. The van der Waals surface area contributed by atoms with Gasteiger partial charge >= 0.3 is 5.97 Å². The molecular formula is C14H24O3. The van der Waals surface area contributed by atoms with E-state index >= 15 is 0 Å². The first kappa shape index (κ1) is 14.2. The Bertz CT molecular complexity index is 282. The van der Waals surface area contributed by atoms with Crippen molar-refractivity contribution in [3.05, 3.63) is 0 Å². The molecule has 0 aromatic carbocycles. The van der Waals surface area contributed by atoms with Crippen LogP contribution < -0.4 is 0 Å². The van der Waals surface area contributed by atoms with Crippen LogP contribution in [0.25, 0.3) is 0 Å². The minimum atomic E-state index is -0.614. The predicted molar refractivity (Wildman–Crippen MR) is 66.6 cm³/mol. The summed E-state index contributed by atoms with van der Waals surface area (Å²) in [7, 11) is 0. The molecule has 3 heteroatoms. The molecule has 1 atom stereocenters. The van der Waals surface area contributed by atoms with Gasteiger partial charge in [0, 0.05) is 5.92 Å². The zero-order valence-electron chi connectivity index (χ0n) is 11.4. The van der Waals surface area contributed by atoms with Gasteiger partial charge in [0.05, 0.1) is 0 Å². The molecule has 98 valence electrons. The van der Waals surface area contributed by atoms with E-state index in [4.69, 9.17) is 4.74 Å². The predicted octanol–water partition coefficient (Wildman–Crippen LogP) is 3.11. The van der Waals surface area contributed by atoms with Crippen LogP contribution in [0.15, 0.2) is 0 Å². The van der Waals surface area contributed by atoms with Crippen molar-refractivity contribution in [1.82, 2.24) is 0 Å². The van der Waals surface area contributed by atoms with Crippen LogP contribution in [0.2, 0.25) is 0 Å². The number of ketones is 1. The zero-order valence-corrected chi connectivity index (χ0v) is 11.4. The number of ether oxygens (including phenoxy) is 1. The van der Waals surface area contributed by atoms with Gasteiger partial charge in [0.15, 0.2) is 0 Å². The summed E-state index contributed by atoms with van der Waals surface area (Å²) in [5.74, 6) is -0.851. The topological polar surface area (TPSA) is 43.4 Å². The summed E-state index contributed by atoms with van der Waals surface area (Å²) in [4.78, 5) is 23.9. The number of Topliss-reactive ketones (excluding diaryl/α,β-unsaturated/α-hetero) is 1. The van der Waals surface area contributed by atoms with Crippen LogP contribution in [0.3, 0.4) is 0 Å². The third kappa shape index (κ3) is 4.49. The van der Waals surface area contributed by atoms with Crippen molar-refractivity contribution < 1.29 is 14.3 Å². The summed E-state index contributed by atoms with van der Waals surface area (Å²) in [5, 5.41) is 0. The number of carbonyl (C=O) groups excluding carboxylic acids is 2. The summed E-state index contributed by atoms with van der Waals surface area (Å²) in [6, 6.07) is 0. The molecule has 1 saturated carbocycles. The summed E-state index contributed by atoms with van der Waals surface area (Å²) >= 11 is 0. The molecule has 0 amide bonds. The van der Waals surface area contributed by atoms with Gasteiger partial charge in [-0.15, -0.1) is 0 Å². The van der Waals surface area contributed by atoms with Gasteiger partial charge in [-0.05, 0) is 40.5 Å². The molecule has 0 N–H and O–H groups in total. The molecule has 0 aliphatic heterocycles. The lowest BCUT2D eigenvalue weighted by Crippen LogP contribution is -2.34. The average molecular weight is 240 g/mol. The molecule has 0 aromatic rings. The number of esters is 1. The maximum Gasteiger partial charge on any atom is 0.316 e. The first-order valence-corrected chi connectivity index (χ1v) is 6.58. The van der Waals surface area contributed by atoms with Crippen LogP contribution in [0.5, 0.6) is 0 Å². The normalized spacial score (nSPS) is 19.8. The standard InChI is InChI=1S/C14H24O3/c1-10(13(16)17-14(2,3)4)12(15)11-8-6-5-7-9-11/h10-11H,5-9H2,1-4H3. The van der Waals surface area contributed by atoms with Gasteiger partial charge in [-0.25, -0.2) is 0 Å². The van der Waals surface area contributed by atoms with E-state index in [1.165, 1.54) is 6.42 Å². The largest absolute Gasteiger partial charge is 0.459 e. The number of hydrogen-bond acceptors (Lipinski definition) is 3. The molecule has 0 heterocycles. The molecule has 0 radical (unpaired) electrons. The summed E-state index contributed by atoms with van der Waals surface area (Å²) in [6.07, 6.45) is 5.30. The van der Waals surface area contributed by atoms with E-state index < -0.39 is 11.5 Å². The Morgan fingerprint density at radius 1 is 1.12 bits per heavy atom. The molecule has 0 spiro atoms. The smallest absolute Gasteiger partial charge is 0.316 e. The fourth-order valence-electron chi connectivity index (χ4n) is 2.25. The van der Waals surface area contributed by atoms with Gasteiger partial charge in [0.1, 0.15) is 17.3 Å². The van der Waals surface area contributed by atoms with Gasteiger partial charge < -0.3 is 4.74 Å². The van der Waals surface area contributed by atoms with Crippen molar-refractivity contribution in [2.45, 2.75) is 65.4 Å². The van der Waals surface area contributed by atoms with E-state index in [0.717, 1.165) is 25.7 Å². The van der Waals surface area contributed by atoms with Crippen LogP contribution in [-0.4, -0.2) is 17.4 Å². The molecule has 1 aliphatic rings. The number of carbonyl (C=O) groups is 2. The minimum Gasteiger partial charge on any atom is -0.459 e. The van der Waals surface area contributed by atoms with E-state index in [1.807, 2.05) is 20.8 Å². The quantitative estimate of drug-likeness (QED) is 0.562. The molecule has 0 bridgehead atoms. The maximum absolute atomic E-state index is 12.1. The molecule has 17 heavy (non-hydrogen) atoms. The fraction of sp³-hybridized carbons (Fsp3) is 0.857. The van der Waals surface area contributed by atoms with Gasteiger partial charge in [-0.3, -0.25) is 9.59 Å². The molecule has 0 aromatic heterocycles. The first-order valence-electron chi connectivity index (χ1n) is 6.58. The second kappa shape index (κ2) is 5.65. The Kier molecular flexibility index (Phi) is 4.72. The molecule has 0 saturated heterocycles. The molecule has 3 nitrogen and oxygen atoms in total. The van der Waals surface area contributed by atoms with Gasteiger partial charge in [0.2, 0.25) is 0 Å².